The molecule has 1 unspecified atom stereocenters. The van der Waals surface area contributed by atoms with Crippen LogP contribution >= 0.6 is 36.0 Å². The van der Waals surface area contributed by atoms with Gasteiger partial charge in [-0.1, -0.05) is 30.3 Å². The van der Waals surface area contributed by atoms with E-state index < -0.39 is 29.1 Å². The van der Waals surface area contributed by atoms with E-state index in [9.17, 15) is 14.4 Å². The molecule has 2 aliphatic heterocycles. The molecule has 182 valence electrons. The van der Waals surface area contributed by atoms with Crippen molar-refractivity contribution < 1.29 is 24.0 Å². The Labute approximate surface area is 209 Å². The van der Waals surface area contributed by atoms with Crippen molar-refractivity contribution in [1.82, 2.24) is 14.9 Å². The van der Waals surface area contributed by atoms with Gasteiger partial charge in [-0.2, -0.15) is 0 Å². The summed E-state index contributed by atoms with van der Waals surface area (Å²) in [4.78, 5) is 47.3. The van der Waals surface area contributed by atoms with Gasteiger partial charge in [0.25, 0.3) is 0 Å². The van der Waals surface area contributed by atoms with Crippen molar-refractivity contribution in [3.63, 3.8) is 0 Å². The van der Waals surface area contributed by atoms with Crippen molar-refractivity contribution in [3.05, 3.63) is 35.9 Å². The number of halogens is 1. The van der Waals surface area contributed by atoms with Gasteiger partial charge in [0.05, 0.1) is 6.04 Å². The molecule has 0 aromatic heterocycles. The van der Waals surface area contributed by atoms with E-state index in [1.807, 2.05) is 30.3 Å². The van der Waals surface area contributed by atoms with E-state index >= 15 is 0 Å². The van der Waals surface area contributed by atoms with E-state index in [0.29, 0.717) is 19.4 Å². The Morgan fingerprint density at radius 1 is 1.18 bits per heavy atom. The van der Waals surface area contributed by atoms with Crippen LogP contribution in [0.2, 0.25) is 0 Å². The molecule has 0 radical (unpaired) electrons. The lowest BCUT2D eigenvalue weighted by atomic mass is 9.97. The fraction of sp³-hybridized carbons (Fsp3) is 0.591. The third-order valence-corrected chi connectivity index (χ3v) is 7.20. The van der Waals surface area contributed by atoms with Gasteiger partial charge in [-0.05, 0) is 50.8 Å². The fourth-order valence-electron chi connectivity index (χ4n) is 3.81. The zero-order valence-corrected chi connectivity index (χ0v) is 21.4. The number of thioether (sulfide) groups is 1. The maximum absolute atomic E-state index is 13.3. The van der Waals surface area contributed by atoms with Crippen LogP contribution in [0.25, 0.3) is 0 Å². The number of nitrogens with zero attached hydrogens (tertiary/aromatic N) is 3. The molecule has 2 heterocycles. The van der Waals surface area contributed by atoms with E-state index in [0.717, 1.165) is 16.4 Å². The van der Waals surface area contributed by atoms with Crippen molar-refractivity contribution in [2.24, 2.45) is 0 Å². The minimum atomic E-state index is -0.781. The Balaban J connectivity index is 1.77. The van der Waals surface area contributed by atoms with Crippen molar-refractivity contribution in [3.8, 4) is 0 Å². The van der Waals surface area contributed by atoms with Crippen LogP contribution in [0.4, 0.5) is 9.59 Å². The van der Waals surface area contributed by atoms with Crippen LogP contribution in [0.1, 0.15) is 39.2 Å². The zero-order valence-electron chi connectivity index (χ0n) is 19.0. The molecule has 1 aromatic rings. The highest BCUT2D eigenvalue weighted by atomic mass is 35.5. The number of carbonyl (C=O) groups excluding carboxylic acids is 3. The summed E-state index contributed by atoms with van der Waals surface area (Å²) in [7, 11) is 0. The molecule has 8 nitrogen and oxygen atoms in total. The summed E-state index contributed by atoms with van der Waals surface area (Å²) in [5, 5.41) is 0.316. The summed E-state index contributed by atoms with van der Waals surface area (Å²) >= 11 is 11.9. The van der Waals surface area contributed by atoms with Crippen molar-refractivity contribution in [2.45, 2.75) is 62.6 Å². The third kappa shape index (κ3) is 6.94. The number of carbonyl (C=O) groups is 3. The lowest BCUT2D eigenvalue weighted by Crippen LogP contribution is -2.59. The molecule has 0 spiro atoms. The number of hydroxylamine groups is 2. The zero-order chi connectivity index (χ0) is 24.2. The van der Waals surface area contributed by atoms with Crippen LogP contribution in [0, 0.1) is 0 Å². The topological polar surface area (TPSA) is 79.4 Å². The first-order valence-corrected chi connectivity index (χ1v) is 12.8. The van der Waals surface area contributed by atoms with Crippen LogP contribution in [0.5, 0.6) is 0 Å². The van der Waals surface area contributed by atoms with Gasteiger partial charge in [0.1, 0.15) is 23.0 Å². The Bertz CT molecular complexity index is 854. The van der Waals surface area contributed by atoms with E-state index in [2.05, 4.69) is 12.6 Å². The summed E-state index contributed by atoms with van der Waals surface area (Å²) in [6.07, 6.45) is 0.180. The minimum Gasteiger partial charge on any atom is -0.444 e. The smallest absolute Gasteiger partial charge is 0.411 e. The molecule has 2 fully saturated rings. The molecule has 2 aliphatic rings. The van der Waals surface area contributed by atoms with Gasteiger partial charge >= 0.3 is 11.5 Å². The van der Waals surface area contributed by atoms with Crippen LogP contribution in [0.15, 0.2) is 30.3 Å². The first-order valence-electron chi connectivity index (χ1n) is 10.8. The number of amides is 3. The maximum Gasteiger partial charge on any atom is 0.411 e. The summed E-state index contributed by atoms with van der Waals surface area (Å²) in [6.45, 7) is 6.09. The average Bonchev–Trinajstić information content (AvgIpc) is 3.18. The van der Waals surface area contributed by atoms with Gasteiger partial charge in [0, 0.05) is 18.8 Å². The minimum absolute atomic E-state index is 0.0663. The van der Waals surface area contributed by atoms with Crippen molar-refractivity contribution in [1.29, 1.82) is 0 Å². The number of rotatable bonds is 5. The lowest BCUT2D eigenvalue weighted by Gasteiger charge is -2.43. The number of hydrogen-bond acceptors (Lipinski definition) is 7. The van der Waals surface area contributed by atoms with Crippen LogP contribution < -0.4 is 0 Å². The van der Waals surface area contributed by atoms with E-state index in [1.165, 1.54) is 4.90 Å². The molecule has 11 heteroatoms. The van der Waals surface area contributed by atoms with Gasteiger partial charge in [0.15, 0.2) is 0 Å². The Kier molecular flexibility index (Phi) is 8.82. The number of hydrogen-bond donors (Lipinski definition) is 1. The Morgan fingerprint density at radius 2 is 1.88 bits per heavy atom. The Hall–Kier alpha value is -1.62. The molecule has 0 aliphatic carbocycles. The molecule has 0 bridgehead atoms. The molecule has 33 heavy (non-hydrogen) atoms. The second kappa shape index (κ2) is 11.2. The number of piperidine rings is 1. The van der Waals surface area contributed by atoms with Gasteiger partial charge in [0.2, 0.25) is 5.91 Å². The second-order valence-corrected chi connectivity index (χ2v) is 11.3. The SMILES string of the molecule is CC(C)(C)OC(=O)N1C[C@H](N(OCc2ccccc2)C(=O)Cl)CC[C@H]1C(=O)N1CCSC1S. The highest BCUT2D eigenvalue weighted by Gasteiger charge is 2.44. The fourth-order valence-corrected chi connectivity index (χ4v) is 5.44. The average molecular weight is 516 g/mol. The molecule has 3 atom stereocenters. The third-order valence-electron chi connectivity index (χ3n) is 5.34. The second-order valence-electron chi connectivity index (χ2n) is 8.95. The molecule has 0 N–H and O–H groups in total. The van der Waals surface area contributed by atoms with Crippen LogP contribution in [-0.4, -0.2) is 73.5 Å². The maximum atomic E-state index is 13.3. The summed E-state index contributed by atoms with van der Waals surface area (Å²) in [5.41, 5.74) is 0.138. The molecule has 1 aromatic carbocycles. The molecular weight excluding hydrogens is 486 g/mol. The molecule has 2 saturated heterocycles. The monoisotopic (exact) mass is 515 g/mol. The normalized spacial score (nSPS) is 23.4. The first kappa shape index (κ1) is 26.0. The lowest BCUT2D eigenvalue weighted by molar-refractivity contribution is -0.164. The predicted octanol–water partition coefficient (Wildman–Crippen LogP) is 4.34. The standard InChI is InChI=1S/C22H30ClN3O5S2/c1-22(2,3)31-20(29)25-13-16(9-10-17(25)18(27)24-11-12-33-21(24)32)26(19(23)28)30-14-15-7-5-4-6-8-15/h4-8,16-17,21,32H,9-14H2,1-3H3/t16-,17+,21?/m1/s1. The molecule has 0 saturated carbocycles. The van der Waals surface area contributed by atoms with Gasteiger partial charge in [-0.25, -0.2) is 9.86 Å². The van der Waals surface area contributed by atoms with E-state index in [-0.39, 0.29) is 23.8 Å². The number of ether oxygens (including phenoxy) is 1. The highest BCUT2D eigenvalue weighted by Crippen LogP contribution is 2.31. The predicted molar refractivity (Wildman–Crippen MR) is 131 cm³/mol. The molecular formula is C22H30ClN3O5S2. The quantitative estimate of drug-likeness (QED) is 0.272. The largest absolute Gasteiger partial charge is 0.444 e. The number of benzene rings is 1. The Morgan fingerprint density at radius 3 is 2.45 bits per heavy atom. The van der Waals surface area contributed by atoms with Gasteiger partial charge < -0.3 is 9.64 Å². The molecule has 3 amide bonds. The van der Waals surface area contributed by atoms with Crippen LogP contribution in [0.3, 0.4) is 0 Å². The number of thiol groups is 1. The van der Waals surface area contributed by atoms with E-state index in [1.54, 1.807) is 37.4 Å². The number of likely N-dealkylation sites (tertiary alicyclic amines) is 1. The summed E-state index contributed by atoms with van der Waals surface area (Å²) in [5.74, 6) is 0.627. The van der Waals surface area contributed by atoms with Gasteiger partial charge in [-0.3, -0.25) is 19.3 Å². The van der Waals surface area contributed by atoms with E-state index in [4.69, 9.17) is 21.2 Å². The molecule has 3 rings (SSSR count). The van der Waals surface area contributed by atoms with Crippen LogP contribution in [-0.2, 0) is 21.0 Å². The van der Waals surface area contributed by atoms with Crippen molar-refractivity contribution in [2.75, 3.05) is 18.8 Å². The van der Waals surface area contributed by atoms with Gasteiger partial charge in [-0.15, -0.1) is 24.4 Å². The first-order chi connectivity index (χ1) is 15.6. The highest BCUT2D eigenvalue weighted by molar-refractivity contribution is 8.10. The summed E-state index contributed by atoms with van der Waals surface area (Å²) < 4.78 is 5.34. The van der Waals surface area contributed by atoms with Crippen molar-refractivity contribution >= 4 is 53.4 Å². The summed E-state index contributed by atoms with van der Waals surface area (Å²) in [6, 6.07) is 8.17.